The number of rotatable bonds is 7. The molecule has 0 aliphatic rings. The quantitative estimate of drug-likeness (QED) is 0.765. The minimum absolute atomic E-state index is 0.200. The molecule has 2 aromatic rings. The van der Waals surface area contributed by atoms with Crippen molar-refractivity contribution < 1.29 is 9.47 Å². The molecule has 0 spiro atoms. The largest absolute Gasteiger partial charge is 0.490 e. The van der Waals surface area contributed by atoms with Crippen molar-refractivity contribution in [1.29, 1.82) is 0 Å². The number of hydrogen-bond donors (Lipinski definition) is 1. The Hall–Kier alpha value is -0.880. The van der Waals surface area contributed by atoms with Crippen molar-refractivity contribution in [2.45, 2.75) is 6.04 Å². The lowest BCUT2D eigenvalue weighted by Gasteiger charge is -2.17. The number of halogens is 1. The van der Waals surface area contributed by atoms with Gasteiger partial charge in [0.25, 0.3) is 0 Å². The van der Waals surface area contributed by atoms with E-state index in [1.807, 2.05) is 13.1 Å². The molecule has 0 aliphatic heterocycles. The number of benzene rings is 1. The van der Waals surface area contributed by atoms with Crippen LogP contribution in [0.3, 0.4) is 0 Å². The van der Waals surface area contributed by atoms with Crippen molar-refractivity contribution in [3.05, 3.63) is 50.6 Å². The molecule has 0 amide bonds. The van der Waals surface area contributed by atoms with E-state index in [1.54, 1.807) is 18.4 Å². The summed E-state index contributed by atoms with van der Waals surface area (Å²) in [5.41, 5.74) is 2.48. The molecule has 1 aromatic heterocycles. The summed E-state index contributed by atoms with van der Waals surface area (Å²) in [6.45, 7) is 1.14. The summed E-state index contributed by atoms with van der Waals surface area (Å²) in [5.74, 6) is 0.839. The summed E-state index contributed by atoms with van der Waals surface area (Å²) in [7, 11) is 3.64. The van der Waals surface area contributed by atoms with Gasteiger partial charge < -0.3 is 14.8 Å². The highest BCUT2D eigenvalue weighted by atomic mass is 79.9. The minimum Gasteiger partial charge on any atom is -0.490 e. The van der Waals surface area contributed by atoms with Crippen LogP contribution in [0.25, 0.3) is 0 Å². The van der Waals surface area contributed by atoms with E-state index in [4.69, 9.17) is 9.47 Å². The molecule has 1 heterocycles. The van der Waals surface area contributed by atoms with Gasteiger partial charge in [0.1, 0.15) is 12.4 Å². The lowest BCUT2D eigenvalue weighted by atomic mass is 10.0. The third kappa shape index (κ3) is 3.82. The van der Waals surface area contributed by atoms with Crippen molar-refractivity contribution in [3.63, 3.8) is 0 Å². The third-order valence-corrected chi connectivity index (χ3v) is 4.32. The van der Waals surface area contributed by atoms with Gasteiger partial charge >= 0.3 is 0 Å². The van der Waals surface area contributed by atoms with E-state index in [1.165, 1.54) is 11.1 Å². The maximum atomic E-state index is 5.65. The van der Waals surface area contributed by atoms with Crippen LogP contribution in [0.1, 0.15) is 17.2 Å². The molecule has 0 aliphatic carbocycles. The zero-order valence-electron chi connectivity index (χ0n) is 11.6. The molecular formula is C15H18BrNO2S. The zero-order chi connectivity index (χ0) is 14.4. The molecule has 0 radical (unpaired) electrons. The van der Waals surface area contributed by atoms with Crippen LogP contribution in [0.15, 0.2) is 39.5 Å². The van der Waals surface area contributed by atoms with Crippen LogP contribution in [0.4, 0.5) is 0 Å². The Morgan fingerprint density at radius 3 is 2.70 bits per heavy atom. The summed E-state index contributed by atoms with van der Waals surface area (Å²) in [4.78, 5) is 0. The van der Waals surface area contributed by atoms with Crippen LogP contribution in [0, 0.1) is 0 Å². The highest BCUT2D eigenvalue weighted by Gasteiger charge is 2.14. The monoisotopic (exact) mass is 355 g/mol. The first-order valence-corrected chi connectivity index (χ1v) is 8.10. The minimum atomic E-state index is 0.200. The Morgan fingerprint density at radius 1 is 1.25 bits per heavy atom. The maximum absolute atomic E-state index is 5.65. The van der Waals surface area contributed by atoms with E-state index in [2.05, 4.69) is 50.2 Å². The molecule has 5 heteroatoms. The molecule has 1 N–H and O–H groups in total. The lowest BCUT2D eigenvalue weighted by molar-refractivity contribution is 0.146. The van der Waals surface area contributed by atoms with Crippen LogP contribution < -0.4 is 10.1 Å². The molecule has 1 aromatic carbocycles. The number of thiophene rings is 1. The number of methoxy groups -OCH3 is 1. The van der Waals surface area contributed by atoms with E-state index in [0.717, 1.165) is 10.2 Å². The molecule has 20 heavy (non-hydrogen) atoms. The van der Waals surface area contributed by atoms with Crippen LogP contribution in [0.5, 0.6) is 5.75 Å². The fraction of sp³-hybridized carbons (Fsp3) is 0.333. The van der Waals surface area contributed by atoms with Crippen molar-refractivity contribution in [3.8, 4) is 5.75 Å². The van der Waals surface area contributed by atoms with Gasteiger partial charge in [-0.2, -0.15) is 11.3 Å². The van der Waals surface area contributed by atoms with Gasteiger partial charge in [0.05, 0.1) is 17.1 Å². The summed E-state index contributed by atoms with van der Waals surface area (Å²) < 4.78 is 11.6. The molecule has 1 atom stereocenters. The van der Waals surface area contributed by atoms with Crippen molar-refractivity contribution >= 4 is 27.3 Å². The van der Waals surface area contributed by atoms with E-state index in [0.29, 0.717) is 13.2 Å². The Labute approximate surface area is 132 Å². The van der Waals surface area contributed by atoms with E-state index < -0.39 is 0 Å². The average Bonchev–Trinajstić information content (AvgIpc) is 2.96. The first kappa shape index (κ1) is 15.5. The second-order valence-electron chi connectivity index (χ2n) is 4.31. The van der Waals surface area contributed by atoms with Gasteiger partial charge in [0.2, 0.25) is 0 Å². The fourth-order valence-corrected chi connectivity index (χ4v) is 3.21. The lowest BCUT2D eigenvalue weighted by Crippen LogP contribution is -2.17. The molecule has 0 saturated carbocycles. The molecule has 3 nitrogen and oxygen atoms in total. The topological polar surface area (TPSA) is 30.5 Å². The molecule has 108 valence electrons. The van der Waals surface area contributed by atoms with Gasteiger partial charge in [-0.1, -0.05) is 6.07 Å². The third-order valence-electron chi connectivity index (χ3n) is 3.00. The van der Waals surface area contributed by atoms with Crippen LogP contribution in [0.2, 0.25) is 0 Å². The molecule has 0 saturated heterocycles. The number of nitrogens with one attached hydrogen (secondary N) is 1. The Kier molecular flexibility index (Phi) is 6.04. The Balaban J connectivity index is 2.15. The highest BCUT2D eigenvalue weighted by molar-refractivity contribution is 9.10. The Bertz CT molecular complexity index is 531. The van der Waals surface area contributed by atoms with Crippen molar-refractivity contribution in [1.82, 2.24) is 5.32 Å². The summed E-state index contributed by atoms with van der Waals surface area (Å²) in [6, 6.07) is 8.52. The van der Waals surface area contributed by atoms with Gasteiger partial charge in [-0.25, -0.2) is 0 Å². The van der Waals surface area contributed by atoms with E-state index in [-0.39, 0.29) is 6.04 Å². The smallest absolute Gasteiger partial charge is 0.133 e. The zero-order valence-corrected chi connectivity index (χ0v) is 14.0. The summed E-state index contributed by atoms with van der Waals surface area (Å²) >= 11 is 5.28. The summed E-state index contributed by atoms with van der Waals surface area (Å²) in [6.07, 6.45) is 0. The van der Waals surface area contributed by atoms with Crippen LogP contribution >= 0.6 is 27.3 Å². The van der Waals surface area contributed by atoms with Crippen molar-refractivity contribution in [2.24, 2.45) is 0 Å². The Morgan fingerprint density at radius 2 is 2.10 bits per heavy atom. The predicted molar refractivity (Wildman–Crippen MR) is 86.7 cm³/mol. The standard InChI is InChI=1S/C15H18BrNO2S/c1-17-15(12-5-8-20-10-12)11-3-4-14(13(16)9-11)19-7-6-18-2/h3-5,8-10,15,17H,6-7H2,1-2H3. The molecular weight excluding hydrogens is 338 g/mol. The van der Waals surface area contributed by atoms with Gasteiger partial charge in [-0.05, 0) is 63.1 Å². The highest BCUT2D eigenvalue weighted by Crippen LogP contribution is 2.31. The predicted octanol–water partition coefficient (Wildman–Crippen LogP) is 3.84. The van der Waals surface area contributed by atoms with Crippen LogP contribution in [-0.2, 0) is 4.74 Å². The normalized spacial score (nSPS) is 12.3. The molecule has 1 unspecified atom stereocenters. The van der Waals surface area contributed by atoms with Crippen LogP contribution in [-0.4, -0.2) is 27.4 Å². The van der Waals surface area contributed by atoms with E-state index >= 15 is 0 Å². The first-order chi connectivity index (χ1) is 9.76. The van der Waals surface area contributed by atoms with Crippen molar-refractivity contribution in [2.75, 3.05) is 27.4 Å². The number of hydrogen-bond acceptors (Lipinski definition) is 4. The maximum Gasteiger partial charge on any atom is 0.133 e. The summed E-state index contributed by atoms with van der Waals surface area (Å²) in [5, 5.41) is 7.60. The second kappa shape index (κ2) is 7.78. The van der Waals surface area contributed by atoms with Gasteiger partial charge in [0.15, 0.2) is 0 Å². The van der Waals surface area contributed by atoms with Gasteiger partial charge in [-0.15, -0.1) is 0 Å². The average molecular weight is 356 g/mol. The van der Waals surface area contributed by atoms with Gasteiger partial charge in [-0.3, -0.25) is 0 Å². The fourth-order valence-electron chi connectivity index (χ4n) is 2.01. The molecule has 2 rings (SSSR count). The number of ether oxygens (including phenoxy) is 2. The molecule has 0 fully saturated rings. The second-order valence-corrected chi connectivity index (χ2v) is 5.94. The van der Waals surface area contributed by atoms with Gasteiger partial charge in [0, 0.05) is 7.11 Å². The van der Waals surface area contributed by atoms with E-state index in [9.17, 15) is 0 Å². The first-order valence-electron chi connectivity index (χ1n) is 6.36. The molecule has 0 bridgehead atoms. The SMILES string of the molecule is CNC(c1ccsc1)c1ccc(OCCOC)c(Br)c1.